The van der Waals surface area contributed by atoms with Crippen molar-refractivity contribution in [3.8, 4) is 0 Å². The fourth-order valence-corrected chi connectivity index (χ4v) is 1.26. The Labute approximate surface area is 74.2 Å². The standard InChI is InChI=1S/C10H16N2/c1-7-6-10(12(4)5)9(3)11-8(7)2/h6H,1-5H3. The molecule has 0 unspecified atom stereocenters. The van der Waals surface area contributed by atoms with Crippen molar-refractivity contribution in [2.45, 2.75) is 20.8 Å². The van der Waals surface area contributed by atoms with Crippen molar-refractivity contribution in [3.05, 3.63) is 23.0 Å². The van der Waals surface area contributed by atoms with Crippen LogP contribution in [0.15, 0.2) is 6.07 Å². The molecule has 0 aromatic carbocycles. The van der Waals surface area contributed by atoms with Crippen LogP contribution < -0.4 is 4.90 Å². The van der Waals surface area contributed by atoms with E-state index in [9.17, 15) is 0 Å². The van der Waals surface area contributed by atoms with Gasteiger partial charge in [0.25, 0.3) is 0 Å². The third kappa shape index (κ3) is 1.58. The molecular weight excluding hydrogens is 148 g/mol. The van der Waals surface area contributed by atoms with Crippen molar-refractivity contribution in [3.63, 3.8) is 0 Å². The van der Waals surface area contributed by atoms with E-state index in [0.717, 1.165) is 11.4 Å². The van der Waals surface area contributed by atoms with Crippen LogP contribution in [0.4, 0.5) is 5.69 Å². The highest BCUT2D eigenvalue weighted by Gasteiger charge is 2.03. The van der Waals surface area contributed by atoms with Crippen LogP contribution in [-0.4, -0.2) is 19.1 Å². The predicted molar refractivity (Wildman–Crippen MR) is 52.8 cm³/mol. The van der Waals surface area contributed by atoms with Crippen molar-refractivity contribution in [1.29, 1.82) is 0 Å². The average molecular weight is 164 g/mol. The molecule has 0 aliphatic heterocycles. The number of pyridine rings is 1. The van der Waals surface area contributed by atoms with E-state index in [1.54, 1.807) is 0 Å². The highest BCUT2D eigenvalue weighted by Crippen LogP contribution is 2.18. The maximum atomic E-state index is 4.45. The summed E-state index contributed by atoms with van der Waals surface area (Å²) >= 11 is 0. The molecule has 66 valence electrons. The Morgan fingerprint density at radius 2 is 1.67 bits per heavy atom. The molecule has 0 radical (unpaired) electrons. The summed E-state index contributed by atoms with van der Waals surface area (Å²) in [5.41, 5.74) is 4.68. The van der Waals surface area contributed by atoms with E-state index >= 15 is 0 Å². The van der Waals surface area contributed by atoms with E-state index in [1.165, 1.54) is 11.3 Å². The van der Waals surface area contributed by atoms with Crippen LogP contribution in [-0.2, 0) is 0 Å². The minimum Gasteiger partial charge on any atom is -0.376 e. The van der Waals surface area contributed by atoms with Gasteiger partial charge in [0.1, 0.15) is 0 Å². The van der Waals surface area contributed by atoms with Gasteiger partial charge in [0, 0.05) is 19.8 Å². The molecule has 0 amide bonds. The van der Waals surface area contributed by atoms with Gasteiger partial charge in [0.15, 0.2) is 0 Å². The summed E-state index contributed by atoms with van der Waals surface area (Å²) < 4.78 is 0. The second kappa shape index (κ2) is 3.13. The summed E-state index contributed by atoms with van der Waals surface area (Å²) in [4.78, 5) is 6.54. The summed E-state index contributed by atoms with van der Waals surface area (Å²) in [7, 11) is 4.08. The lowest BCUT2D eigenvalue weighted by Gasteiger charge is -2.16. The molecule has 0 spiro atoms. The fraction of sp³-hybridized carbons (Fsp3) is 0.500. The predicted octanol–water partition coefficient (Wildman–Crippen LogP) is 2.07. The zero-order valence-corrected chi connectivity index (χ0v) is 8.47. The molecule has 0 bridgehead atoms. The van der Waals surface area contributed by atoms with Gasteiger partial charge in [-0.15, -0.1) is 0 Å². The Morgan fingerprint density at radius 1 is 1.08 bits per heavy atom. The molecule has 0 aliphatic rings. The Hall–Kier alpha value is -1.05. The maximum Gasteiger partial charge on any atom is 0.0608 e. The molecule has 1 rings (SSSR count). The summed E-state index contributed by atoms with van der Waals surface area (Å²) in [6.07, 6.45) is 0. The number of hydrogen-bond donors (Lipinski definition) is 0. The Bertz CT molecular complexity index is 290. The van der Waals surface area contributed by atoms with E-state index in [4.69, 9.17) is 0 Å². The highest BCUT2D eigenvalue weighted by atomic mass is 15.1. The number of nitrogens with zero attached hydrogens (tertiary/aromatic N) is 2. The van der Waals surface area contributed by atoms with Gasteiger partial charge in [0.05, 0.1) is 11.4 Å². The first-order valence-corrected chi connectivity index (χ1v) is 4.14. The molecule has 2 nitrogen and oxygen atoms in total. The molecule has 0 aliphatic carbocycles. The lowest BCUT2D eigenvalue weighted by Crippen LogP contribution is -2.11. The zero-order valence-electron chi connectivity index (χ0n) is 8.47. The van der Waals surface area contributed by atoms with E-state index in [-0.39, 0.29) is 0 Å². The second-order valence-electron chi connectivity index (χ2n) is 3.39. The van der Waals surface area contributed by atoms with Crippen LogP contribution in [0.1, 0.15) is 17.0 Å². The molecule has 0 saturated heterocycles. The molecular formula is C10H16N2. The first kappa shape index (κ1) is 9.04. The van der Waals surface area contributed by atoms with Crippen molar-refractivity contribution in [2.24, 2.45) is 0 Å². The van der Waals surface area contributed by atoms with E-state index < -0.39 is 0 Å². The Kier molecular flexibility index (Phi) is 2.36. The van der Waals surface area contributed by atoms with Gasteiger partial charge in [-0.05, 0) is 32.4 Å². The largest absolute Gasteiger partial charge is 0.376 e. The first-order valence-electron chi connectivity index (χ1n) is 4.14. The zero-order chi connectivity index (χ0) is 9.30. The number of hydrogen-bond acceptors (Lipinski definition) is 2. The lowest BCUT2D eigenvalue weighted by atomic mass is 10.2. The van der Waals surface area contributed by atoms with Gasteiger partial charge < -0.3 is 4.90 Å². The summed E-state index contributed by atoms with van der Waals surface area (Å²) in [5.74, 6) is 0. The van der Waals surface area contributed by atoms with Crippen molar-refractivity contribution in [2.75, 3.05) is 19.0 Å². The molecule has 1 heterocycles. The summed E-state index contributed by atoms with van der Waals surface area (Å²) in [6, 6.07) is 2.18. The van der Waals surface area contributed by atoms with Crippen molar-refractivity contribution >= 4 is 5.69 Å². The van der Waals surface area contributed by atoms with Gasteiger partial charge >= 0.3 is 0 Å². The van der Waals surface area contributed by atoms with Crippen LogP contribution in [0.3, 0.4) is 0 Å². The monoisotopic (exact) mass is 164 g/mol. The third-order valence-electron chi connectivity index (χ3n) is 2.11. The second-order valence-corrected chi connectivity index (χ2v) is 3.39. The van der Waals surface area contributed by atoms with E-state index in [0.29, 0.717) is 0 Å². The van der Waals surface area contributed by atoms with Gasteiger partial charge in [-0.1, -0.05) is 0 Å². The normalized spacial score (nSPS) is 10.1. The summed E-state index contributed by atoms with van der Waals surface area (Å²) in [6.45, 7) is 6.18. The van der Waals surface area contributed by atoms with Crippen LogP contribution in [0.25, 0.3) is 0 Å². The Balaban J connectivity index is 3.23. The fourth-order valence-electron chi connectivity index (χ4n) is 1.26. The minimum absolute atomic E-state index is 1.10. The van der Waals surface area contributed by atoms with E-state index in [1.807, 2.05) is 27.9 Å². The SMILES string of the molecule is Cc1cc(N(C)C)c(C)nc1C. The maximum absolute atomic E-state index is 4.45. The molecule has 0 atom stereocenters. The van der Waals surface area contributed by atoms with Crippen LogP contribution in [0.2, 0.25) is 0 Å². The van der Waals surface area contributed by atoms with Crippen LogP contribution >= 0.6 is 0 Å². The number of anilines is 1. The van der Waals surface area contributed by atoms with Crippen LogP contribution in [0.5, 0.6) is 0 Å². The van der Waals surface area contributed by atoms with Crippen molar-refractivity contribution < 1.29 is 0 Å². The van der Waals surface area contributed by atoms with Gasteiger partial charge in [-0.2, -0.15) is 0 Å². The number of rotatable bonds is 1. The minimum atomic E-state index is 1.10. The molecule has 0 fully saturated rings. The van der Waals surface area contributed by atoms with Gasteiger partial charge in [0.2, 0.25) is 0 Å². The number of aromatic nitrogens is 1. The number of aryl methyl sites for hydroxylation is 3. The lowest BCUT2D eigenvalue weighted by molar-refractivity contribution is 1.03. The summed E-state index contributed by atoms with van der Waals surface area (Å²) in [5, 5.41) is 0. The van der Waals surface area contributed by atoms with Gasteiger partial charge in [-0.25, -0.2) is 0 Å². The van der Waals surface area contributed by atoms with E-state index in [2.05, 4.69) is 22.9 Å². The molecule has 0 saturated carbocycles. The smallest absolute Gasteiger partial charge is 0.0608 e. The van der Waals surface area contributed by atoms with Crippen LogP contribution in [0, 0.1) is 20.8 Å². The molecule has 1 aromatic rings. The average Bonchev–Trinajstić information content (AvgIpc) is 1.96. The van der Waals surface area contributed by atoms with Crippen molar-refractivity contribution in [1.82, 2.24) is 4.98 Å². The highest BCUT2D eigenvalue weighted by molar-refractivity contribution is 5.51. The molecule has 2 heteroatoms. The molecule has 1 aromatic heterocycles. The Morgan fingerprint density at radius 3 is 2.17 bits per heavy atom. The molecule has 12 heavy (non-hydrogen) atoms. The molecule has 0 N–H and O–H groups in total. The topological polar surface area (TPSA) is 16.1 Å². The first-order chi connectivity index (χ1) is 5.52. The third-order valence-corrected chi connectivity index (χ3v) is 2.11. The van der Waals surface area contributed by atoms with Gasteiger partial charge in [-0.3, -0.25) is 4.98 Å². The quantitative estimate of drug-likeness (QED) is 0.631.